The first-order valence-electron chi connectivity index (χ1n) is 7.57. The highest BCUT2D eigenvalue weighted by Crippen LogP contribution is 2.25. The van der Waals surface area contributed by atoms with E-state index in [1.54, 1.807) is 37.4 Å². The second kappa shape index (κ2) is 7.27. The molecule has 0 saturated carbocycles. The number of halogens is 2. The topological polar surface area (TPSA) is 79.0 Å². The molecule has 3 rings (SSSR count). The van der Waals surface area contributed by atoms with E-state index in [9.17, 15) is 13.6 Å². The zero-order valence-corrected chi connectivity index (χ0v) is 13.4. The summed E-state index contributed by atoms with van der Waals surface area (Å²) < 4.78 is 32.8. The van der Waals surface area contributed by atoms with E-state index in [0.717, 1.165) is 6.07 Å². The Labute approximate surface area is 142 Å². The third kappa shape index (κ3) is 3.58. The third-order valence-electron chi connectivity index (χ3n) is 3.54. The van der Waals surface area contributed by atoms with Crippen LogP contribution in [0.5, 0.6) is 0 Å². The van der Waals surface area contributed by atoms with Crippen molar-refractivity contribution >= 4 is 28.6 Å². The Kier molecular flexibility index (Phi) is 4.90. The number of hydrogen-bond acceptors (Lipinski definition) is 4. The number of aromatic nitrogens is 2. The summed E-state index contributed by atoms with van der Waals surface area (Å²) in [6.45, 7) is 0.835. The van der Waals surface area contributed by atoms with Crippen LogP contribution in [0, 0.1) is 11.6 Å². The van der Waals surface area contributed by atoms with Gasteiger partial charge in [-0.1, -0.05) is 18.2 Å². The Morgan fingerprint density at radius 2 is 2.04 bits per heavy atom. The summed E-state index contributed by atoms with van der Waals surface area (Å²) in [5, 5.41) is 5.53. The molecular formula is C17H16F2N4O2. The molecule has 0 unspecified atom stereocenters. The molecule has 0 spiro atoms. The van der Waals surface area contributed by atoms with Crippen molar-refractivity contribution in [2.75, 3.05) is 30.9 Å². The lowest BCUT2D eigenvalue weighted by molar-refractivity contribution is 0.102. The van der Waals surface area contributed by atoms with Crippen molar-refractivity contribution in [1.82, 2.24) is 9.97 Å². The van der Waals surface area contributed by atoms with Crippen LogP contribution in [-0.4, -0.2) is 36.1 Å². The van der Waals surface area contributed by atoms with Crippen molar-refractivity contribution in [2.45, 2.75) is 0 Å². The fraction of sp³-hybridized carbons (Fsp3) is 0.176. The number of imidazole rings is 1. The van der Waals surface area contributed by atoms with Gasteiger partial charge < -0.3 is 20.4 Å². The SMILES string of the molecule is COCCNc1nc2c(F)c(F)cc(C(=O)Nc3ccccc3)c2[nH]1. The first-order valence-corrected chi connectivity index (χ1v) is 7.57. The predicted molar refractivity (Wildman–Crippen MR) is 90.8 cm³/mol. The van der Waals surface area contributed by atoms with Gasteiger partial charge >= 0.3 is 0 Å². The summed E-state index contributed by atoms with van der Waals surface area (Å²) in [5.74, 6) is -2.59. The minimum atomic E-state index is -1.14. The van der Waals surface area contributed by atoms with Gasteiger partial charge in [0.2, 0.25) is 5.95 Å². The lowest BCUT2D eigenvalue weighted by Crippen LogP contribution is -2.13. The number of nitrogens with zero attached hydrogens (tertiary/aromatic N) is 1. The highest BCUT2D eigenvalue weighted by molar-refractivity contribution is 6.11. The van der Waals surface area contributed by atoms with Crippen molar-refractivity contribution in [3.05, 3.63) is 53.6 Å². The summed E-state index contributed by atoms with van der Waals surface area (Å²) in [6.07, 6.45) is 0. The molecule has 130 valence electrons. The molecular weight excluding hydrogens is 330 g/mol. The molecule has 2 aromatic carbocycles. The fourth-order valence-corrected chi connectivity index (χ4v) is 2.36. The van der Waals surface area contributed by atoms with Crippen LogP contribution < -0.4 is 10.6 Å². The molecule has 3 aromatic rings. The second-order valence-corrected chi connectivity index (χ2v) is 5.27. The van der Waals surface area contributed by atoms with E-state index in [2.05, 4.69) is 20.6 Å². The van der Waals surface area contributed by atoms with E-state index in [1.807, 2.05) is 0 Å². The molecule has 8 heteroatoms. The number of amides is 1. The molecule has 25 heavy (non-hydrogen) atoms. The van der Waals surface area contributed by atoms with Gasteiger partial charge in [-0.2, -0.15) is 0 Å². The molecule has 1 heterocycles. The van der Waals surface area contributed by atoms with Gasteiger partial charge in [0.15, 0.2) is 11.6 Å². The van der Waals surface area contributed by atoms with Crippen LogP contribution in [0.3, 0.4) is 0 Å². The van der Waals surface area contributed by atoms with Crippen LogP contribution in [-0.2, 0) is 4.74 Å². The van der Waals surface area contributed by atoms with E-state index in [1.165, 1.54) is 0 Å². The maximum absolute atomic E-state index is 14.0. The van der Waals surface area contributed by atoms with Gasteiger partial charge in [-0.25, -0.2) is 13.8 Å². The molecule has 0 aliphatic heterocycles. The maximum atomic E-state index is 14.0. The van der Waals surface area contributed by atoms with Crippen molar-refractivity contribution in [3.63, 3.8) is 0 Å². The summed E-state index contributed by atoms with van der Waals surface area (Å²) in [4.78, 5) is 19.3. The first kappa shape index (κ1) is 16.8. The van der Waals surface area contributed by atoms with Gasteiger partial charge in [0.05, 0.1) is 17.7 Å². The third-order valence-corrected chi connectivity index (χ3v) is 3.54. The average molecular weight is 346 g/mol. The van der Waals surface area contributed by atoms with E-state index in [-0.39, 0.29) is 22.5 Å². The number of fused-ring (bicyclic) bond motifs is 1. The number of ether oxygens (including phenoxy) is 1. The monoisotopic (exact) mass is 346 g/mol. The number of rotatable bonds is 6. The van der Waals surface area contributed by atoms with Gasteiger partial charge in [0.25, 0.3) is 5.91 Å². The highest BCUT2D eigenvalue weighted by Gasteiger charge is 2.20. The fourth-order valence-electron chi connectivity index (χ4n) is 2.36. The van der Waals surface area contributed by atoms with Gasteiger partial charge in [0.1, 0.15) is 5.52 Å². The molecule has 1 aromatic heterocycles. The molecule has 6 nitrogen and oxygen atoms in total. The number of nitrogens with one attached hydrogen (secondary N) is 3. The number of anilines is 2. The summed E-state index contributed by atoms with van der Waals surface area (Å²) in [6, 6.07) is 9.56. The Balaban J connectivity index is 1.96. The molecule has 0 aliphatic rings. The Bertz CT molecular complexity index is 897. The number of H-pyrrole nitrogens is 1. The summed E-state index contributed by atoms with van der Waals surface area (Å²) in [5.41, 5.74) is 0.388. The van der Waals surface area contributed by atoms with Crippen molar-refractivity contribution < 1.29 is 18.3 Å². The predicted octanol–water partition coefficient (Wildman–Crippen LogP) is 3.15. The number of aromatic amines is 1. The minimum absolute atomic E-state index is 0.0370. The van der Waals surface area contributed by atoms with Crippen LogP contribution in [0.1, 0.15) is 10.4 Å². The van der Waals surface area contributed by atoms with Crippen LogP contribution in [0.15, 0.2) is 36.4 Å². The number of benzene rings is 2. The van der Waals surface area contributed by atoms with E-state index in [0.29, 0.717) is 18.8 Å². The molecule has 0 aliphatic carbocycles. The number of hydrogen-bond donors (Lipinski definition) is 3. The van der Waals surface area contributed by atoms with E-state index >= 15 is 0 Å². The largest absolute Gasteiger partial charge is 0.383 e. The zero-order chi connectivity index (χ0) is 17.8. The summed E-state index contributed by atoms with van der Waals surface area (Å²) in [7, 11) is 1.54. The van der Waals surface area contributed by atoms with Crippen molar-refractivity contribution in [1.29, 1.82) is 0 Å². The average Bonchev–Trinajstić information content (AvgIpc) is 3.03. The van der Waals surface area contributed by atoms with Gasteiger partial charge in [0, 0.05) is 19.3 Å². The lowest BCUT2D eigenvalue weighted by atomic mass is 10.1. The first-order chi connectivity index (χ1) is 12.1. The Morgan fingerprint density at radius 1 is 1.28 bits per heavy atom. The quantitative estimate of drug-likeness (QED) is 0.599. The number of carbonyl (C=O) groups is 1. The van der Waals surface area contributed by atoms with Crippen LogP contribution in [0.25, 0.3) is 11.0 Å². The normalized spacial score (nSPS) is 10.8. The lowest BCUT2D eigenvalue weighted by Gasteiger charge is -2.06. The second-order valence-electron chi connectivity index (χ2n) is 5.27. The number of methoxy groups -OCH3 is 1. The van der Waals surface area contributed by atoms with Gasteiger partial charge in [-0.15, -0.1) is 0 Å². The Morgan fingerprint density at radius 3 is 2.76 bits per heavy atom. The molecule has 3 N–H and O–H groups in total. The van der Waals surface area contributed by atoms with Crippen molar-refractivity contribution in [2.24, 2.45) is 0 Å². The number of para-hydroxylation sites is 1. The van der Waals surface area contributed by atoms with Crippen LogP contribution in [0.4, 0.5) is 20.4 Å². The smallest absolute Gasteiger partial charge is 0.257 e. The standard InChI is InChI=1S/C17H16F2N4O2/c1-25-8-7-20-17-22-14-11(9-12(18)13(19)15(14)23-17)16(24)21-10-5-3-2-4-6-10/h2-6,9H,7-8H2,1H3,(H,21,24)(H2,20,22,23). The highest BCUT2D eigenvalue weighted by atomic mass is 19.2. The number of carbonyl (C=O) groups excluding carboxylic acids is 1. The van der Waals surface area contributed by atoms with Crippen LogP contribution >= 0.6 is 0 Å². The van der Waals surface area contributed by atoms with E-state index in [4.69, 9.17) is 4.74 Å². The molecule has 1 amide bonds. The molecule has 0 fully saturated rings. The molecule has 0 bridgehead atoms. The Hall–Kier alpha value is -3.00. The van der Waals surface area contributed by atoms with Crippen molar-refractivity contribution in [3.8, 4) is 0 Å². The van der Waals surface area contributed by atoms with E-state index < -0.39 is 17.5 Å². The molecule has 0 atom stereocenters. The summed E-state index contributed by atoms with van der Waals surface area (Å²) >= 11 is 0. The molecule has 0 saturated heterocycles. The zero-order valence-electron chi connectivity index (χ0n) is 13.4. The van der Waals surface area contributed by atoms with Gasteiger partial charge in [-0.05, 0) is 18.2 Å². The maximum Gasteiger partial charge on any atom is 0.257 e. The molecule has 0 radical (unpaired) electrons. The minimum Gasteiger partial charge on any atom is -0.383 e. The van der Waals surface area contributed by atoms with Crippen LogP contribution in [0.2, 0.25) is 0 Å². The van der Waals surface area contributed by atoms with Gasteiger partial charge in [-0.3, -0.25) is 4.79 Å².